The highest BCUT2D eigenvalue weighted by Crippen LogP contribution is 2.16. The quantitative estimate of drug-likeness (QED) is 0.603. The Morgan fingerprint density at radius 1 is 1.04 bits per heavy atom. The van der Waals surface area contributed by atoms with E-state index in [1.54, 1.807) is 36.4 Å². The Kier molecular flexibility index (Phi) is 5.69. The average Bonchev–Trinajstić information content (AvgIpc) is 2.60. The van der Waals surface area contributed by atoms with Crippen LogP contribution in [-0.4, -0.2) is 25.0 Å². The van der Waals surface area contributed by atoms with E-state index in [1.807, 2.05) is 26.0 Å². The smallest absolute Gasteiger partial charge is 0.344 e. The monoisotopic (exact) mass is 323 g/mol. The molecule has 5 nitrogen and oxygen atoms in total. The van der Waals surface area contributed by atoms with Crippen molar-refractivity contribution in [2.75, 3.05) is 13.2 Å². The Hall–Kier alpha value is -3.13. The maximum atomic E-state index is 12.0. The minimum Gasteiger partial charge on any atom is -0.481 e. The molecule has 0 saturated carbocycles. The molecule has 0 aliphatic heterocycles. The Bertz CT molecular complexity index is 805. The second-order valence-electron chi connectivity index (χ2n) is 5.28. The molecule has 0 fully saturated rings. The molecule has 2 rings (SSSR count). The van der Waals surface area contributed by atoms with Crippen LogP contribution >= 0.6 is 0 Å². The number of benzene rings is 2. The van der Waals surface area contributed by atoms with Gasteiger partial charge in [0.1, 0.15) is 11.8 Å². The van der Waals surface area contributed by atoms with E-state index in [4.69, 9.17) is 14.7 Å². The number of nitriles is 1. The lowest BCUT2D eigenvalue weighted by Crippen LogP contribution is -2.19. The minimum absolute atomic E-state index is 0.274. The Labute approximate surface area is 140 Å². The van der Waals surface area contributed by atoms with E-state index >= 15 is 0 Å². The third kappa shape index (κ3) is 4.43. The molecule has 0 aromatic heterocycles. The van der Waals surface area contributed by atoms with E-state index < -0.39 is 5.97 Å². The van der Waals surface area contributed by atoms with Crippen LogP contribution < -0.4 is 4.74 Å². The van der Waals surface area contributed by atoms with Crippen molar-refractivity contribution in [1.29, 1.82) is 5.26 Å². The van der Waals surface area contributed by atoms with Gasteiger partial charge in [0.15, 0.2) is 19.0 Å². The Morgan fingerprint density at radius 3 is 2.50 bits per heavy atom. The zero-order valence-electron chi connectivity index (χ0n) is 13.5. The van der Waals surface area contributed by atoms with Gasteiger partial charge in [0.25, 0.3) is 0 Å². The zero-order chi connectivity index (χ0) is 17.5. The number of ether oxygens (including phenoxy) is 2. The van der Waals surface area contributed by atoms with Gasteiger partial charge in [-0.05, 0) is 43.2 Å². The van der Waals surface area contributed by atoms with Gasteiger partial charge in [-0.3, -0.25) is 4.79 Å². The average molecular weight is 323 g/mol. The van der Waals surface area contributed by atoms with Crippen LogP contribution in [-0.2, 0) is 9.53 Å². The third-order valence-corrected chi connectivity index (χ3v) is 3.55. The number of hydrogen-bond donors (Lipinski definition) is 0. The van der Waals surface area contributed by atoms with Gasteiger partial charge in [-0.1, -0.05) is 24.3 Å². The number of carbonyl (C=O) groups excluding carboxylic acids is 2. The summed E-state index contributed by atoms with van der Waals surface area (Å²) < 4.78 is 10.2. The molecule has 0 N–H and O–H groups in total. The summed E-state index contributed by atoms with van der Waals surface area (Å²) >= 11 is 0. The van der Waals surface area contributed by atoms with Crippen LogP contribution in [0.1, 0.15) is 27.0 Å². The summed E-state index contributed by atoms with van der Waals surface area (Å²) in [6, 6.07) is 13.9. The summed E-state index contributed by atoms with van der Waals surface area (Å²) in [6.45, 7) is 3.17. The van der Waals surface area contributed by atoms with Crippen LogP contribution in [0.3, 0.4) is 0 Å². The van der Waals surface area contributed by atoms with Crippen LogP contribution in [0.4, 0.5) is 0 Å². The number of rotatable bonds is 6. The number of esters is 1. The summed E-state index contributed by atoms with van der Waals surface area (Å²) in [5.41, 5.74) is 2.93. The molecule has 122 valence electrons. The standard InChI is InChI=1S/C19H17NO4/c1-13-7-8-15(9-14(13)2)17(21)11-24-19(22)12-23-18-6-4-3-5-16(18)10-20/h3-9H,11-12H2,1-2H3. The van der Waals surface area contributed by atoms with Crippen molar-refractivity contribution in [3.63, 3.8) is 0 Å². The summed E-state index contributed by atoms with van der Waals surface area (Å²) in [5, 5.41) is 8.94. The molecule has 0 heterocycles. The normalized spacial score (nSPS) is 9.88. The molecule has 0 aliphatic rings. The molecule has 0 atom stereocenters. The second-order valence-corrected chi connectivity index (χ2v) is 5.28. The molecule has 2 aromatic carbocycles. The fraction of sp³-hybridized carbons (Fsp3) is 0.211. The number of aryl methyl sites for hydroxylation is 2. The van der Waals surface area contributed by atoms with Crippen molar-refractivity contribution in [1.82, 2.24) is 0 Å². The zero-order valence-corrected chi connectivity index (χ0v) is 13.5. The van der Waals surface area contributed by atoms with Crippen LogP contribution in [0.5, 0.6) is 5.75 Å². The molecular weight excluding hydrogens is 306 g/mol. The molecule has 24 heavy (non-hydrogen) atoms. The molecule has 0 unspecified atom stereocenters. The fourth-order valence-corrected chi connectivity index (χ4v) is 2.01. The molecule has 0 spiro atoms. The van der Waals surface area contributed by atoms with Crippen molar-refractivity contribution in [3.05, 3.63) is 64.7 Å². The molecule has 0 aliphatic carbocycles. The van der Waals surface area contributed by atoms with E-state index in [1.165, 1.54) is 0 Å². The molecular formula is C19H17NO4. The summed E-state index contributed by atoms with van der Waals surface area (Å²) in [6.07, 6.45) is 0. The van der Waals surface area contributed by atoms with Gasteiger partial charge in [0, 0.05) is 5.56 Å². The van der Waals surface area contributed by atoms with Crippen molar-refractivity contribution in [3.8, 4) is 11.8 Å². The third-order valence-electron chi connectivity index (χ3n) is 3.55. The topological polar surface area (TPSA) is 76.4 Å². The van der Waals surface area contributed by atoms with Gasteiger partial charge in [-0.15, -0.1) is 0 Å². The van der Waals surface area contributed by atoms with Crippen LogP contribution in [0.25, 0.3) is 0 Å². The minimum atomic E-state index is -0.667. The number of hydrogen-bond acceptors (Lipinski definition) is 5. The second kappa shape index (κ2) is 7.93. The van der Waals surface area contributed by atoms with Crippen LogP contribution in [0.15, 0.2) is 42.5 Å². The number of nitrogens with zero attached hydrogens (tertiary/aromatic N) is 1. The molecule has 0 bridgehead atoms. The molecule has 0 amide bonds. The molecule has 0 saturated heterocycles. The Morgan fingerprint density at radius 2 is 1.79 bits per heavy atom. The highest BCUT2D eigenvalue weighted by Gasteiger charge is 2.12. The molecule has 2 aromatic rings. The van der Waals surface area contributed by atoms with E-state index in [2.05, 4.69) is 0 Å². The van der Waals surface area contributed by atoms with Crippen molar-refractivity contribution in [2.24, 2.45) is 0 Å². The first-order valence-corrected chi connectivity index (χ1v) is 7.39. The first-order valence-electron chi connectivity index (χ1n) is 7.39. The first kappa shape index (κ1) is 17.2. The highest BCUT2D eigenvalue weighted by atomic mass is 16.6. The summed E-state index contributed by atoms with van der Waals surface area (Å²) in [5.74, 6) is -0.638. The van der Waals surface area contributed by atoms with E-state index in [-0.39, 0.29) is 19.0 Å². The van der Waals surface area contributed by atoms with Crippen molar-refractivity contribution >= 4 is 11.8 Å². The lowest BCUT2D eigenvalue weighted by Gasteiger charge is -2.08. The fourth-order valence-electron chi connectivity index (χ4n) is 2.01. The number of carbonyl (C=O) groups is 2. The first-order chi connectivity index (χ1) is 11.5. The predicted molar refractivity (Wildman–Crippen MR) is 87.9 cm³/mol. The Balaban J connectivity index is 1.86. The number of ketones is 1. The summed E-state index contributed by atoms with van der Waals surface area (Å²) in [4.78, 5) is 23.7. The van der Waals surface area contributed by atoms with Gasteiger partial charge >= 0.3 is 5.97 Å². The summed E-state index contributed by atoms with van der Waals surface area (Å²) in [7, 11) is 0. The van der Waals surface area contributed by atoms with Crippen LogP contribution in [0, 0.1) is 25.2 Å². The van der Waals surface area contributed by atoms with Gasteiger partial charge in [0.2, 0.25) is 0 Å². The maximum Gasteiger partial charge on any atom is 0.344 e. The molecule has 5 heteroatoms. The predicted octanol–water partition coefficient (Wildman–Crippen LogP) is 2.98. The SMILES string of the molecule is Cc1ccc(C(=O)COC(=O)COc2ccccc2C#N)cc1C. The van der Waals surface area contributed by atoms with E-state index in [9.17, 15) is 9.59 Å². The molecule has 0 radical (unpaired) electrons. The van der Waals surface area contributed by atoms with Gasteiger partial charge in [0.05, 0.1) is 5.56 Å². The maximum absolute atomic E-state index is 12.0. The lowest BCUT2D eigenvalue weighted by atomic mass is 10.0. The lowest BCUT2D eigenvalue weighted by molar-refractivity contribution is -0.144. The van der Waals surface area contributed by atoms with E-state index in [0.29, 0.717) is 16.9 Å². The van der Waals surface area contributed by atoms with Crippen molar-refractivity contribution in [2.45, 2.75) is 13.8 Å². The van der Waals surface area contributed by atoms with Crippen molar-refractivity contribution < 1.29 is 19.1 Å². The highest BCUT2D eigenvalue weighted by molar-refractivity contribution is 5.98. The van der Waals surface area contributed by atoms with E-state index in [0.717, 1.165) is 11.1 Å². The number of Topliss-reactive ketones (excluding diaryl/α,β-unsaturated/α-hetero) is 1. The van der Waals surface area contributed by atoms with Gasteiger partial charge in [-0.2, -0.15) is 5.26 Å². The largest absolute Gasteiger partial charge is 0.481 e. The number of para-hydroxylation sites is 1. The van der Waals surface area contributed by atoms with Crippen LogP contribution in [0.2, 0.25) is 0 Å². The van der Waals surface area contributed by atoms with Gasteiger partial charge < -0.3 is 9.47 Å². The van der Waals surface area contributed by atoms with Gasteiger partial charge in [-0.25, -0.2) is 4.79 Å².